The van der Waals surface area contributed by atoms with Gasteiger partial charge in [-0.1, -0.05) is 13.0 Å². The maximum absolute atomic E-state index is 13.8. The number of ketones is 1. The number of halogens is 1. The second kappa shape index (κ2) is 4.61. The van der Waals surface area contributed by atoms with Crippen LogP contribution in [-0.2, 0) is 0 Å². The summed E-state index contributed by atoms with van der Waals surface area (Å²) in [6, 6.07) is 4.45. The molecule has 0 amide bonds. The molecule has 88 valence electrons. The van der Waals surface area contributed by atoms with Crippen LogP contribution >= 0.6 is 0 Å². The number of Topliss-reactive ketones (excluding diaryl/α,β-unsaturated/α-hetero) is 1. The molecular formula is C12H16FNO2. The van der Waals surface area contributed by atoms with E-state index >= 15 is 0 Å². The normalized spacial score (nSPS) is 14.3. The molecule has 1 unspecified atom stereocenters. The smallest absolute Gasteiger partial charge is 0.185 e. The van der Waals surface area contributed by atoms with Crippen LogP contribution in [0.15, 0.2) is 18.2 Å². The van der Waals surface area contributed by atoms with Crippen LogP contribution in [0.5, 0.6) is 5.75 Å². The molecule has 0 aliphatic carbocycles. The lowest BCUT2D eigenvalue weighted by molar-refractivity contribution is 0.0893. The van der Waals surface area contributed by atoms with E-state index in [0.29, 0.717) is 6.42 Å². The third kappa shape index (κ3) is 2.22. The number of rotatable bonds is 4. The van der Waals surface area contributed by atoms with Gasteiger partial charge in [-0.3, -0.25) is 4.79 Å². The number of carbonyl (C=O) groups is 1. The molecule has 0 fully saturated rings. The average molecular weight is 225 g/mol. The van der Waals surface area contributed by atoms with Crippen LogP contribution < -0.4 is 10.5 Å². The van der Waals surface area contributed by atoms with Gasteiger partial charge in [0.1, 0.15) is 0 Å². The third-order valence-electron chi connectivity index (χ3n) is 2.68. The summed E-state index contributed by atoms with van der Waals surface area (Å²) in [5.41, 5.74) is 4.72. The van der Waals surface area contributed by atoms with E-state index in [1.54, 1.807) is 19.9 Å². The molecule has 3 nitrogen and oxygen atoms in total. The minimum absolute atomic E-state index is 0.0220. The van der Waals surface area contributed by atoms with Crippen LogP contribution in [0.4, 0.5) is 4.39 Å². The molecule has 0 aliphatic heterocycles. The highest BCUT2D eigenvalue weighted by molar-refractivity contribution is 6.03. The Kier molecular flexibility index (Phi) is 3.65. The Balaban J connectivity index is 3.19. The Bertz CT molecular complexity index is 402. The molecule has 1 aromatic carbocycles. The van der Waals surface area contributed by atoms with Crippen LogP contribution in [0.3, 0.4) is 0 Å². The van der Waals surface area contributed by atoms with E-state index < -0.39 is 17.1 Å². The van der Waals surface area contributed by atoms with Gasteiger partial charge in [-0.05, 0) is 25.5 Å². The molecule has 0 aromatic heterocycles. The van der Waals surface area contributed by atoms with E-state index in [1.165, 1.54) is 19.2 Å². The molecule has 0 saturated heterocycles. The number of ether oxygens (including phenoxy) is 1. The molecule has 0 aliphatic rings. The Morgan fingerprint density at radius 3 is 2.69 bits per heavy atom. The lowest BCUT2D eigenvalue weighted by Crippen LogP contribution is -2.44. The zero-order valence-electron chi connectivity index (χ0n) is 9.71. The van der Waals surface area contributed by atoms with Crippen molar-refractivity contribution in [1.29, 1.82) is 0 Å². The predicted molar refractivity (Wildman–Crippen MR) is 60.2 cm³/mol. The summed E-state index contributed by atoms with van der Waals surface area (Å²) < 4.78 is 18.6. The molecule has 0 spiro atoms. The van der Waals surface area contributed by atoms with Gasteiger partial charge in [0.15, 0.2) is 17.3 Å². The van der Waals surface area contributed by atoms with E-state index in [9.17, 15) is 9.18 Å². The number of carbonyl (C=O) groups excluding carboxylic acids is 1. The summed E-state index contributed by atoms with van der Waals surface area (Å²) in [5.74, 6) is -1.01. The minimum atomic E-state index is -1.05. The molecule has 0 radical (unpaired) electrons. The molecule has 2 N–H and O–H groups in total. The van der Waals surface area contributed by atoms with Gasteiger partial charge in [-0.2, -0.15) is 0 Å². The largest absolute Gasteiger partial charge is 0.494 e. The summed E-state index contributed by atoms with van der Waals surface area (Å²) in [5, 5.41) is 0. The van der Waals surface area contributed by atoms with Crippen molar-refractivity contribution < 1.29 is 13.9 Å². The van der Waals surface area contributed by atoms with Crippen molar-refractivity contribution in [2.24, 2.45) is 5.73 Å². The van der Waals surface area contributed by atoms with Gasteiger partial charge in [0.2, 0.25) is 0 Å². The van der Waals surface area contributed by atoms with Gasteiger partial charge in [-0.25, -0.2) is 4.39 Å². The van der Waals surface area contributed by atoms with Gasteiger partial charge in [-0.15, -0.1) is 0 Å². The van der Waals surface area contributed by atoms with Gasteiger partial charge in [0.05, 0.1) is 18.2 Å². The number of nitrogens with two attached hydrogens (primary N) is 1. The highest BCUT2D eigenvalue weighted by Gasteiger charge is 2.30. The van der Waals surface area contributed by atoms with E-state index in [-0.39, 0.29) is 11.3 Å². The van der Waals surface area contributed by atoms with Crippen LogP contribution in [0.2, 0.25) is 0 Å². The van der Waals surface area contributed by atoms with Crippen molar-refractivity contribution >= 4 is 5.78 Å². The summed E-state index contributed by atoms with van der Waals surface area (Å²) in [4.78, 5) is 12.0. The first-order valence-corrected chi connectivity index (χ1v) is 5.10. The Hall–Kier alpha value is -1.42. The first-order chi connectivity index (χ1) is 7.44. The van der Waals surface area contributed by atoms with E-state index in [0.717, 1.165) is 0 Å². The molecule has 1 aromatic rings. The SMILES string of the molecule is CCC(C)(N)C(=O)c1cccc(OC)c1F. The van der Waals surface area contributed by atoms with Crippen molar-refractivity contribution in [3.8, 4) is 5.75 Å². The van der Waals surface area contributed by atoms with Crippen LogP contribution in [0.1, 0.15) is 30.6 Å². The fourth-order valence-electron chi connectivity index (χ4n) is 1.31. The zero-order chi connectivity index (χ0) is 12.3. The highest BCUT2D eigenvalue weighted by atomic mass is 19.1. The van der Waals surface area contributed by atoms with Gasteiger partial charge >= 0.3 is 0 Å². The maximum atomic E-state index is 13.8. The van der Waals surface area contributed by atoms with Gasteiger partial charge < -0.3 is 10.5 Å². The number of hydrogen-bond acceptors (Lipinski definition) is 3. The topological polar surface area (TPSA) is 52.3 Å². The maximum Gasteiger partial charge on any atom is 0.185 e. The first-order valence-electron chi connectivity index (χ1n) is 5.10. The molecule has 4 heteroatoms. The van der Waals surface area contributed by atoms with Gasteiger partial charge in [0, 0.05) is 0 Å². The molecule has 0 heterocycles. The standard InChI is InChI=1S/C12H16FNO2/c1-4-12(2,14)11(15)8-6-5-7-9(16-3)10(8)13/h5-7H,4,14H2,1-3H3. The first kappa shape index (κ1) is 12.6. The van der Waals surface area contributed by atoms with Crippen molar-refractivity contribution in [2.45, 2.75) is 25.8 Å². The lowest BCUT2D eigenvalue weighted by atomic mass is 9.89. The third-order valence-corrected chi connectivity index (χ3v) is 2.68. The quantitative estimate of drug-likeness (QED) is 0.799. The van der Waals surface area contributed by atoms with E-state index in [4.69, 9.17) is 10.5 Å². The van der Waals surface area contributed by atoms with Crippen molar-refractivity contribution in [2.75, 3.05) is 7.11 Å². The van der Waals surface area contributed by atoms with E-state index in [1.807, 2.05) is 0 Å². The van der Waals surface area contributed by atoms with Crippen LogP contribution in [0.25, 0.3) is 0 Å². The fraction of sp³-hybridized carbons (Fsp3) is 0.417. The average Bonchev–Trinajstić information content (AvgIpc) is 2.28. The molecule has 1 atom stereocenters. The minimum Gasteiger partial charge on any atom is -0.494 e. The molecule has 0 saturated carbocycles. The monoisotopic (exact) mass is 225 g/mol. The summed E-state index contributed by atoms with van der Waals surface area (Å²) in [6.45, 7) is 3.38. The summed E-state index contributed by atoms with van der Waals surface area (Å²) >= 11 is 0. The lowest BCUT2D eigenvalue weighted by Gasteiger charge is -2.21. The van der Waals surface area contributed by atoms with Crippen LogP contribution in [-0.4, -0.2) is 18.4 Å². The van der Waals surface area contributed by atoms with Gasteiger partial charge in [0.25, 0.3) is 0 Å². The molecular weight excluding hydrogens is 209 g/mol. The van der Waals surface area contributed by atoms with Crippen LogP contribution in [0, 0.1) is 5.82 Å². The molecule has 0 bridgehead atoms. The van der Waals surface area contributed by atoms with Crippen molar-refractivity contribution in [3.63, 3.8) is 0 Å². The zero-order valence-corrected chi connectivity index (χ0v) is 9.71. The highest BCUT2D eigenvalue weighted by Crippen LogP contribution is 2.23. The predicted octanol–water partition coefficient (Wildman–Crippen LogP) is 2.14. The fourth-order valence-corrected chi connectivity index (χ4v) is 1.31. The summed E-state index contributed by atoms with van der Waals surface area (Å²) in [6.07, 6.45) is 0.447. The number of benzene rings is 1. The van der Waals surface area contributed by atoms with E-state index in [2.05, 4.69) is 0 Å². The molecule has 16 heavy (non-hydrogen) atoms. The Labute approximate surface area is 94.4 Å². The second-order valence-electron chi connectivity index (χ2n) is 3.92. The Morgan fingerprint density at radius 2 is 2.19 bits per heavy atom. The van der Waals surface area contributed by atoms with Crippen molar-refractivity contribution in [1.82, 2.24) is 0 Å². The number of methoxy groups -OCH3 is 1. The second-order valence-corrected chi connectivity index (χ2v) is 3.92. The summed E-state index contributed by atoms with van der Waals surface area (Å²) in [7, 11) is 1.36. The van der Waals surface area contributed by atoms with Crippen molar-refractivity contribution in [3.05, 3.63) is 29.6 Å². The molecule has 1 rings (SSSR count). The Morgan fingerprint density at radius 1 is 1.56 bits per heavy atom. The number of hydrogen-bond donors (Lipinski definition) is 1.